The van der Waals surface area contributed by atoms with Crippen LogP contribution in [0.15, 0.2) is 53.0 Å². The second-order valence-electron chi connectivity index (χ2n) is 4.65. The summed E-state index contributed by atoms with van der Waals surface area (Å²) in [6.45, 7) is 2.45. The zero-order valence-electron chi connectivity index (χ0n) is 13.0. The lowest BCUT2D eigenvalue weighted by atomic mass is 10.2. The van der Waals surface area contributed by atoms with E-state index in [0.29, 0.717) is 18.0 Å². The molecule has 2 aromatic rings. The van der Waals surface area contributed by atoms with Crippen LogP contribution in [0.5, 0.6) is 11.5 Å². The first kappa shape index (κ1) is 17.1. The molecule has 2 rings (SSSR count). The van der Waals surface area contributed by atoms with E-state index in [1.165, 1.54) is 6.08 Å². The Labute approximate surface area is 144 Å². The highest BCUT2D eigenvalue weighted by atomic mass is 79.9. The molecule has 0 aliphatic rings. The van der Waals surface area contributed by atoms with Gasteiger partial charge in [0.15, 0.2) is 0 Å². The second-order valence-corrected chi connectivity index (χ2v) is 5.50. The molecule has 0 bridgehead atoms. The molecule has 4 nitrogen and oxygen atoms in total. The third-order valence-electron chi connectivity index (χ3n) is 3.05. The van der Waals surface area contributed by atoms with Crippen molar-refractivity contribution >= 4 is 33.6 Å². The summed E-state index contributed by atoms with van der Waals surface area (Å²) in [4.78, 5) is 12.1. The van der Waals surface area contributed by atoms with Gasteiger partial charge in [-0.15, -0.1) is 0 Å². The van der Waals surface area contributed by atoms with Gasteiger partial charge in [-0.2, -0.15) is 0 Å². The second kappa shape index (κ2) is 8.39. The summed E-state index contributed by atoms with van der Waals surface area (Å²) < 4.78 is 11.5. The number of nitrogens with one attached hydrogen (secondary N) is 1. The Morgan fingerprint density at radius 3 is 2.70 bits per heavy atom. The summed E-state index contributed by atoms with van der Waals surface area (Å²) in [6.07, 6.45) is 3.22. The van der Waals surface area contributed by atoms with Crippen LogP contribution in [0.1, 0.15) is 12.5 Å². The molecule has 120 valence electrons. The lowest BCUT2D eigenvalue weighted by Gasteiger charge is -2.09. The number of halogens is 1. The first-order valence-electron chi connectivity index (χ1n) is 7.18. The highest BCUT2D eigenvalue weighted by Gasteiger charge is 2.05. The van der Waals surface area contributed by atoms with Gasteiger partial charge in [-0.05, 0) is 58.8 Å². The first-order chi connectivity index (χ1) is 11.1. The molecule has 0 aliphatic heterocycles. The van der Waals surface area contributed by atoms with E-state index in [4.69, 9.17) is 9.47 Å². The summed E-state index contributed by atoms with van der Waals surface area (Å²) in [6, 6.07) is 12.9. The average Bonchev–Trinajstić information content (AvgIpc) is 2.55. The summed E-state index contributed by atoms with van der Waals surface area (Å²) >= 11 is 3.42. The largest absolute Gasteiger partial charge is 0.496 e. The first-order valence-corrected chi connectivity index (χ1v) is 7.97. The van der Waals surface area contributed by atoms with Crippen LogP contribution in [-0.4, -0.2) is 19.6 Å². The van der Waals surface area contributed by atoms with Crippen LogP contribution < -0.4 is 14.8 Å². The van der Waals surface area contributed by atoms with E-state index in [1.54, 1.807) is 19.3 Å². The molecule has 0 saturated heterocycles. The summed E-state index contributed by atoms with van der Waals surface area (Å²) in [5.41, 5.74) is 1.55. The quantitative estimate of drug-likeness (QED) is 0.755. The monoisotopic (exact) mass is 375 g/mol. The van der Waals surface area contributed by atoms with E-state index in [-0.39, 0.29) is 5.91 Å². The van der Waals surface area contributed by atoms with Crippen molar-refractivity contribution in [3.05, 3.63) is 58.6 Å². The van der Waals surface area contributed by atoms with Crippen molar-refractivity contribution < 1.29 is 14.3 Å². The number of benzene rings is 2. The topological polar surface area (TPSA) is 47.6 Å². The zero-order valence-corrected chi connectivity index (χ0v) is 14.6. The molecule has 0 aromatic heterocycles. The molecule has 0 heterocycles. The summed E-state index contributed by atoms with van der Waals surface area (Å²) in [5.74, 6) is 1.19. The third-order valence-corrected chi connectivity index (χ3v) is 3.67. The Balaban J connectivity index is 2.06. The maximum absolute atomic E-state index is 12.1. The molecule has 0 atom stereocenters. The molecule has 0 saturated carbocycles. The van der Waals surface area contributed by atoms with Crippen molar-refractivity contribution in [1.29, 1.82) is 0 Å². The van der Waals surface area contributed by atoms with Gasteiger partial charge in [-0.25, -0.2) is 0 Å². The van der Waals surface area contributed by atoms with Crippen LogP contribution in [0.4, 0.5) is 5.69 Å². The minimum absolute atomic E-state index is 0.218. The van der Waals surface area contributed by atoms with Crippen LogP contribution >= 0.6 is 15.9 Å². The Bertz CT molecular complexity index is 713. The van der Waals surface area contributed by atoms with Gasteiger partial charge in [-0.1, -0.05) is 18.2 Å². The number of para-hydroxylation sites is 2. The average molecular weight is 376 g/mol. The van der Waals surface area contributed by atoms with Gasteiger partial charge >= 0.3 is 0 Å². The third kappa shape index (κ3) is 4.86. The van der Waals surface area contributed by atoms with Crippen LogP contribution in [-0.2, 0) is 4.79 Å². The minimum atomic E-state index is -0.218. The number of carbonyl (C=O) groups is 1. The molecule has 23 heavy (non-hydrogen) atoms. The fraction of sp³-hybridized carbons (Fsp3) is 0.167. The number of carbonyl (C=O) groups excluding carboxylic acids is 1. The van der Waals surface area contributed by atoms with Gasteiger partial charge in [0.2, 0.25) is 5.91 Å². The molecule has 0 spiro atoms. The zero-order chi connectivity index (χ0) is 16.7. The van der Waals surface area contributed by atoms with E-state index < -0.39 is 0 Å². The Morgan fingerprint density at radius 1 is 1.22 bits per heavy atom. The molecular formula is C18H18BrNO3. The Morgan fingerprint density at radius 2 is 2.00 bits per heavy atom. The number of ether oxygens (including phenoxy) is 2. The minimum Gasteiger partial charge on any atom is -0.496 e. The summed E-state index contributed by atoms with van der Waals surface area (Å²) in [5, 5.41) is 2.82. The lowest BCUT2D eigenvalue weighted by Crippen LogP contribution is -2.09. The van der Waals surface area contributed by atoms with Gasteiger partial charge in [-0.3, -0.25) is 4.79 Å². The van der Waals surface area contributed by atoms with Crippen molar-refractivity contribution in [3.63, 3.8) is 0 Å². The fourth-order valence-electron chi connectivity index (χ4n) is 1.98. The number of anilines is 1. The molecule has 0 radical (unpaired) electrons. The van der Waals surface area contributed by atoms with Crippen molar-refractivity contribution in [2.24, 2.45) is 0 Å². The fourth-order valence-corrected chi connectivity index (χ4v) is 2.54. The number of rotatable bonds is 6. The van der Waals surface area contributed by atoms with Gasteiger partial charge in [0, 0.05) is 6.08 Å². The van der Waals surface area contributed by atoms with E-state index in [0.717, 1.165) is 15.8 Å². The van der Waals surface area contributed by atoms with Gasteiger partial charge in [0.25, 0.3) is 0 Å². The van der Waals surface area contributed by atoms with Crippen molar-refractivity contribution in [1.82, 2.24) is 0 Å². The number of hydrogen-bond acceptors (Lipinski definition) is 3. The molecule has 1 amide bonds. The Kier molecular flexibility index (Phi) is 6.23. The smallest absolute Gasteiger partial charge is 0.248 e. The van der Waals surface area contributed by atoms with Crippen molar-refractivity contribution in [2.45, 2.75) is 6.92 Å². The van der Waals surface area contributed by atoms with Crippen LogP contribution in [0.25, 0.3) is 6.08 Å². The van der Waals surface area contributed by atoms with Crippen LogP contribution in [0.2, 0.25) is 0 Å². The maximum atomic E-state index is 12.1. The number of hydrogen-bond donors (Lipinski definition) is 1. The molecule has 1 N–H and O–H groups in total. The molecule has 0 fully saturated rings. The lowest BCUT2D eigenvalue weighted by molar-refractivity contribution is -0.111. The SMILES string of the molecule is CCOc1ccccc1NC(=O)/C=C/c1ccc(OC)c(Br)c1. The Hall–Kier alpha value is -2.27. The predicted octanol–water partition coefficient (Wildman–Crippen LogP) is 4.51. The molecule has 0 unspecified atom stereocenters. The molecular weight excluding hydrogens is 358 g/mol. The normalized spacial score (nSPS) is 10.6. The van der Waals surface area contributed by atoms with E-state index >= 15 is 0 Å². The van der Waals surface area contributed by atoms with Crippen LogP contribution in [0, 0.1) is 0 Å². The van der Waals surface area contributed by atoms with E-state index in [1.807, 2.05) is 43.3 Å². The van der Waals surface area contributed by atoms with Crippen molar-refractivity contribution in [2.75, 3.05) is 19.0 Å². The number of amides is 1. The number of methoxy groups -OCH3 is 1. The standard InChI is InChI=1S/C18H18BrNO3/c1-3-23-17-7-5-4-6-15(17)20-18(21)11-9-13-8-10-16(22-2)14(19)12-13/h4-12H,3H2,1-2H3,(H,20,21)/b11-9+. The predicted molar refractivity (Wildman–Crippen MR) is 96.0 cm³/mol. The van der Waals surface area contributed by atoms with E-state index in [9.17, 15) is 4.79 Å². The highest BCUT2D eigenvalue weighted by Crippen LogP contribution is 2.26. The molecule has 0 aliphatic carbocycles. The van der Waals surface area contributed by atoms with Gasteiger partial charge in [0.1, 0.15) is 11.5 Å². The van der Waals surface area contributed by atoms with Crippen LogP contribution in [0.3, 0.4) is 0 Å². The highest BCUT2D eigenvalue weighted by molar-refractivity contribution is 9.10. The van der Waals surface area contributed by atoms with Gasteiger partial charge in [0.05, 0.1) is 23.9 Å². The van der Waals surface area contributed by atoms with E-state index in [2.05, 4.69) is 21.2 Å². The van der Waals surface area contributed by atoms with Gasteiger partial charge < -0.3 is 14.8 Å². The summed E-state index contributed by atoms with van der Waals surface area (Å²) in [7, 11) is 1.61. The van der Waals surface area contributed by atoms with Crippen molar-refractivity contribution in [3.8, 4) is 11.5 Å². The molecule has 2 aromatic carbocycles. The molecule has 5 heteroatoms. The maximum Gasteiger partial charge on any atom is 0.248 e.